The number of halogens is 1. The van der Waals surface area contributed by atoms with Crippen molar-refractivity contribution < 1.29 is 14.3 Å². The number of nitrogens with zero attached hydrogens (tertiary/aromatic N) is 2. The Labute approximate surface area is 158 Å². The number of benzene rings is 2. The first-order chi connectivity index (χ1) is 12.6. The van der Waals surface area contributed by atoms with Gasteiger partial charge in [-0.25, -0.2) is 0 Å². The maximum Gasteiger partial charge on any atom is 0.228 e. The minimum atomic E-state index is 0.0519. The quantitative estimate of drug-likeness (QED) is 0.778. The van der Waals surface area contributed by atoms with Crippen LogP contribution in [0.1, 0.15) is 17.5 Å². The molecule has 0 aromatic heterocycles. The highest BCUT2D eigenvalue weighted by Gasteiger charge is 2.24. The molecule has 0 N–H and O–H groups in total. The third-order valence-corrected chi connectivity index (χ3v) is 4.54. The molecular weight excluding hydrogens is 352 g/mol. The molecule has 1 heterocycles. The molecule has 0 radical (unpaired) electrons. The van der Waals surface area contributed by atoms with Crippen LogP contribution in [0.5, 0.6) is 11.5 Å². The second kappa shape index (κ2) is 8.23. The van der Waals surface area contributed by atoms with Crippen LogP contribution in [0.4, 0.5) is 0 Å². The number of amidine groups is 1. The summed E-state index contributed by atoms with van der Waals surface area (Å²) in [6.07, 6.45) is 1.02. The van der Waals surface area contributed by atoms with Crippen molar-refractivity contribution in [3.63, 3.8) is 0 Å². The molecule has 2 aromatic rings. The van der Waals surface area contributed by atoms with Crippen molar-refractivity contribution in [2.75, 3.05) is 27.3 Å². The van der Waals surface area contributed by atoms with E-state index >= 15 is 0 Å². The highest BCUT2D eigenvalue weighted by Crippen LogP contribution is 2.28. The van der Waals surface area contributed by atoms with Gasteiger partial charge in [0.25, 0.3) is 0 Å². The lowest BCUT2D eigenvalue weighted by Crippen LogP contribution is -2.35. The minimum absolute atomic E-state index is 0.0519. The highest BCUT2D eigenvalue weighted by atomic mass is 35.5. The van der Waals surface area contributed by atoms with Gasteiger partial charge in [-0.2, -0.15) is 0 Å². The summed E-state index contributed by atoms with van der Waals surface area (Å²) in [5.74, 6) is 2.10. The van der Waals surface area contributed by atoms with Crippen molar-refractivity contribution in [3.05, 3.63) is 58.6 Å². The Kier molecular flexibility index (Phi) is 5.78. The maximum absolute atomic E-state index is 12.7. The molecule has 0 aliphatic carbocycles. The van der Waals surface area contributed by atoms with Gasteiger partial charge in [-0.1, -0.05) is 29.8 Å². The maximum atomic E-state index is 12.7. The Bertz CT molecular complexity index is 836. The molecule has 0 saturated carbocycles. The Morgan fingerprint density at radius 1 is 1.15 bits per heavy atom. The first-order valence-electron chi connectivity index (χ1n) is 8.44. The first-order valence-corrected chi connectivity index (χ1v) is 8.82. The molecule has 0 fully saturated rings. The second-order valence-corrected chi connectivity index (χ2v) is 6.39. The van der Waals surface area contributed by atoms with Gasteiger partial charge in [0.2, 0.25) is 5.91 Å². The predicted octanol–water partition coefficient (Wildman–Crippen LogP) is 3.58. The van der Waals surface area contributed by atoms with Crippen LogP contribution in [0, 0.1) is 0 Å². The van der Waals surface area contributed by atoms with Crippen molar-refractivity contribution >= 4 is 23.3 Å². The molecule has 3 rings (SSSR count). The number of hydrogen-bond acceptors (Lipinski definition) is 4. The van der Waals surface area contributed by atoms with Crippen molar-refractivity contribution in [3.8, 4) is 11.5 Å². The fourth-order valence-electron chi connectivity index (χ4n) is 2.99. The first kappa shape index (κ1) is 18.3. The van der Waals surface area contributed by atoms with E-state index < -0.39 is 0 Å². The van der Waals surface area contributed by atoms with Crippen LogP contribution in [-0.4, -0.2) is 44.0 Å². The molecule has 1 amide bonds. The zero-order valence-electron chi connectivity index (χ0n) is 14.9. The summed E-state index contributed by atoms with van der Waals surface area (Å²) >= 11 is 6.06. The Hall–Kier alpha value is -2.53. The zero-order chi connectivity index (χ0) is 18.5. The molecule has 6 heteroatoms. The number of aryl methyl sites for hydroxylation is 1. The van der Waals surface area contributed by atoms with E-state index in [0.717, 1.165) is 11.1 Å². The minimum Gasteiger partial charge on any atom is -0.493 e. The van der Waals surface area contributed by atoms with Crippen LogP contribution in [0.3, 0.4) is 0 Å². The second-order valence-electron chi connectivity index (χ2n) is 5.95. The van der Waals surface area contributed by atoms with E-state index in [1.54, 1.807) is 19.1 Å². The third-order valence-electron chi connectivity index (χ3n) is 4.30. The number of aliphatic imine (C=N–C) groups is 1. The monoisotopic (exact) mass is 372 g/mol. The predicted molar refractivity (Wildman–Crippen MR) is 102 cm³/mol. The molecule has 1 aliphatic rings. The Morgan fingerprint density at radius 3 is 2.69 bits per heavy atom. The fraction of sp³-hybridized carbons (Fsp3) is 0.300. The van der Waals surface area contributed by atoms with Crippen molar-refractivity contribution in [1.82, 2.24) is 4.90 Å². The van der Waals surface area contributed by atoms with Gasteiger partial charge in [0.1, 0.15) is 5.84 Å². The van der Waals surface area contributed by atoms with Gasteiger partial charge in [0, 0.05) is 23.6 Å². The number of rotatable bonds is 6. The lowest BCUT2D eigenvalue weighted by atomic mass is 10.1. The number of ether oxygens (including phenoxy) is 2. The molecule has 1 aliphatic heterocycles. The lowest BCUT2D eigenvalue weighted by molar-refractivity contribution is -0.126. The van der Waals surface area contributed by atoms with Crippen LogP contribution in [0.15, 0.2) is 47.5 Å². The van der Waals surface area contributed by atoms with E-state index in [-0.39, 0.29) is 5.91 Å². The number of amides is 1. The van der Waals surface area contributed by atoms with Gasteiger partial charge in [0.15, 0.2) is 11.5 Å². The summed E-state index contributed by atoms with van der Waals surface area (Å²) in [5, 5.41) is 0.634. The third kappa shape index (κ3) is 3.99. The van der Waals surface area contributed by atoms with E-state index in [4.69, 9.17) is 21.1 Å². The molecule has 0 unspecified atom stereocenters. The van der Waals surface area contributed by atoms with Gasteiger partial charge < -0.3 is 9.47 Å². The number of methoxy groups -OCH3 is 2. The van der Waals surface area contributed by atoms with E-state index in [1.807, 2.05) is 42.5 Å². The normalized spacial score (nSPS) is 13.5. The van der Waals surface area contributed by atoms with Gasteiger partial charge in [-0.15, -0.1) is 0 Å². The summed E-state index contributed by atoms with van der Waals surface area (Å²) < 4.78 is 10.6. The molecule has 0 bridgehead atoms. The number of hydrogen-bond donors (Lipinski definition) is 0. The molecule has 0 spiro atoms. The van der Waals surface area contributed by atoms with E-state index in [1.165, 1.54) is 0 Å². The van der Waals surface area contributed by atoms with Crippen LogP contribution >= 0.6 is 11.6 Å². The molecule has 0 atom stereocenters. The van der Waals surface area contributed by atoms with Crippen LogP contribution in [0.2, 0.25) is 5.02 Å². The van der Waals surface area contributed by atoms with E-state index in [2.05, 4.69) is 4.99 Å². The number of carbonyl (C=O) groups excluding carboxylic acids is 1. The largest absolute Gasteiger partial charge is 0.493 e. The summed E-state index contributed by atoms with van der Waals surface area (Å²) in [6.45, 7) is 1.22. The van der Waals surface area contributed by atoms with Gasteiger partial charge in [-0.05, 0) is 36.2 Å². The highest BCUT2D eigenvalue weighted by molar-refractivity contribution is 6.31. The average Bonchev–Trinajstić information content (AvgIpc) is 3.15. The fourth-order valence-corrected chi connectivity index (χ4v) is 3.18. The van der Waals surface area contributed by atoms with Crippen molar-refractivity contribution in [2.24, 2.45) is 4.99 Å². The van der Waals surface area contributed by atoms with Crippen molar-refractivity contribution in [1.29, 1.82) is 0 Å². The number of carbonyl (C=O) groups is 1. The molecule has 136 valence electrons. The topological polar surface area (TPSA) is 51.1 Å². The summed E-state index contributed by atoms with van der Waals surface area (Å²) in [4.78, 5) is 18.9. The lowest BCUT2D eigenvalue weighted by Gasteiger charge is -2.19. The summed E-state index contributed by atoms with van der Waals surface area (Å²) in [7, 11) is 3.20. The van der Waals surface area contributed by atoms with E-state index in [0.29, 0.717) is 48.3 Å². The summed E-state index contributed by atoms with van der Waals surface area (Å²) in [6, 6.07) is 13.1. The SMILES string of the molecule is COc1ccc(CCC(=O)N2CCN=C2c2cccc(Cl)c2)cc1OC. The standard InChI is InChI=1S/C20H21ClN2O3/c1-25-17-8-6-14(12-18(17)26-2)7-9-19(24)23-11-10-22-20(23)15-4-3-5-16(21)13-15/h3-6,8,12-13H,7,9-11H2,1-2H3. The Balaban J connectivity index is 1.67. The smallest absolute Gasteiger partial charge is 0.228 e. The molecular formula is C20H21ClN2O3. The van der Waals surface area contributed by atoms with Gasteiger partial charge in [0.05, 0.1) is 20.8 Å². The summed E-state index contributed by atoms with van der Waals surface area (Å²) in [5.41, 5.74) is 1.89. The average molecular weight is 373 g/mol. The van der Waals surface area contributed by atoms with Crippen LogP contribution in [0.25, 0.3) is 0 Å². The molecule has 26 heavy (non-hydrogen) atoms. The van der Waals surface area contributed by atoms with Crippen molar-refractivity contribution in [2.45, 2.75) is 12.8 Å². The van der Waals surface area contributed by atoms with E-state index in [9.17, 15) is 4.79 Å². The van der Waals surface area contributed by atoms with Gasteiger partial charge in [-0.3, -0.25) is 14.7 Å². The molecule has 5 nitrogen and oxygen atoms in total. The van der Waals surface area contributed by atoms with Gasteiger partial charge >= 0.3 is 0 Å². The molecule has 2 aromatic carbocycles. The van der Waals surface area contributed by atoms with Crippen LogP contribution < -0.4 is 9.47 Å². The molecule has 0 saturated heterocycles. The zero-order valence-corrected chi connectivity index (χ0v) is 15.6. The Morgan fingerprint density at radius 2 is 1.96 bits per heavy atom. The van der Waals surface area contributed by atoms with Crippen LogP contribution in [-0.2, 0) is 11.2 Å².